The SMILES string of the molecule is Cc1ccc2cc(CSC(C)C)sc2c1. The number of benzene rings is 1. The molecule has 0 bridgehead atoms. The number of aryl methyl sites for hydroxylation is 1. The van der Waals surface area contributed by atoms with E-state index in [1.807, 2.05) is 23.1 Å². The van der Waals surface area contributed by atoms with Crippen molar-refractivity contribution in [3.8, 4) is 0 Å². The van der Waals surface area contributed by atoms with Gasteiger partial charge in [-0.05, 0) is 35.3 Å². The quantitative estimate of drug-likeness (QED) is 0.734. The van der Waals surface area contributed by atoms with Gasteiger partial charge in [-0.15, -0.1) is 11.3 Å². The van der Waals surface area contributed by atoms with Crippen LogP contribution in [0.5, 0.6) is 0 Å². The van der Waals surface area contributed by atoms with Gasteiger partial charge in [-0.3, -0.25) is 0 Å². The van der Waals surface area contributed by atoms with E-state index in [1.165, 1.54) is 20.5 Å². The predicted octanol–water partition coefficient (Wildman–Crippen LogP) is 4.85. The monoisotopic (exact) mass is 236 g/mol. The molecular formula is C13H16S2. The molecule has 0 spiro atoms. The Balaban J connectivity index is 2.23. The molecule has 1 aromatic heterocycles. The van der Waals surface area contributed by atoms with Gasteiger partial charge in [0.2, 0.25) is 0 Å². The van der Waals surface area contributed by atoms with Gasteiger partial charge in [0.15, 0.2) is 0 Å². The third-order valence-corrected chi connectivity index (χ3v) is 4.71. The topological polar surface area (TPSA) is 0 Å². The van der Waals surface area contributed by atoms with Crippen LogP contribution in [0.1, 0.15) is 24.3 Å². The van der Waals surface area contributed by atoms with Crippen LogP contribution in [0.4, 0.5) is 0 Å². The number of hydrogen-bond donors (Lipinski definition) is 0. The molecule has 0 aliphatic heterocycles. The number of thiophene rings is 1. The minimum Gasteiger partial charge on any atom is -0.154 e. The summed E-state index contributed by atoms with van der Waals surface area (Å²) in [6.45, 7) is 6.66. The molecule has 2 rings (SSSR count). The van der Waals surface area contributed by atoms with E-state index >= 15 is 0 Å². The fraction of sp³-hybridized carbons (Fsp3) is 0.385. The van der Waals surface area contributed by atoms with Crippen LogP contribution in [-0.4, -0.2) is 5.25 Å². The van der Waals surface area contributed by atoms with Crippen molar-refractivity contribution in [1.29, 1.82) is 0 Å². The zero-order chi connectivity index (χ0) is 10.8. The Kier molecular flexibility index (Phi) is 3.37. The molecular weight excluding hydrogens is 220 g/mol. The highest BCUT2D eigenvalue weighted by molar-refractivity contribution is 7.99. The second-order valence-electron chi connectivity index (χ2n) is 4.11. The predicted molar refractivity (Wildman–Crippen MR) is 73.0 cm³/mol. The fourth-order valence-electron chi connectivity index (χ4n) is 1.51. The van der Waals surface area contributed by atoms with Crippen molar-refractivity contribution >= 4 is 33.2 Å². The van der Waals surface area contributed by atoms with Gasteiger partial charge in [-0.1, -0.05) is 26.0 Å². The van der Waals surface area contributed by atoms with E-state index in [1.54, 1.807) is 0 Å². The summed E-state index contributed by atoms with van der Waals surface area (Å²) in [6.07, 6.45) is 0. The summed E-state index contributed by atoms with van der Waals surface area (Å²) in [7, 11) is 0. The number of hydrogen-bond acceptors (Lipinski definition) is 2. The van der Waals surface area contributed by atoms with Crippen LogP contribution in [0.25, 0.3) is 10.1 Å². The van der Waals surface area contributed by atoms with E-state index in [-0.39, 0.29) is 0 Å². The van der Waals surface area contributed by atoms with Crippen molar-refractivity contribution in [3.05, 3.63) is 34.7 Å². The van der Waals surface area contributed by atoms with Crippen molar-refractivity contribution in [3.63, 3.8) is 0 Å². The first-order chi connectivity index (χ1) is 7.15. The van der Waals surface area contributed by atoms with Gasteiger partial charge in [0.05, 0.1) is 0 Å². The molecule has 1 heterocycles. The summed E-state index contributed by atoms with van der Waals surface area (Å²) >= 11 is 3.95. The smallest absolute Gasteiger partial charge is 0.0348 e. The molecule has 0 fully saturated rings. The molecule has 0 saturated carbocycles. The fourth-order valence-corrected chi connectivity index (χ4v) is 3.49. The Hall–Kier alpha value is -0.470. The molecule has 80 valence electrons. The van der Waals surface area contributed by atoms with E-state index in [0.29, 0.717) is 0 Å². The molecule has 0 unspecified atom stereocenters. The van der Waals surface area contributed by atoms with E-state index in [9.17, 15) is 0 Å². The number of fused-ring (bicyclic) bond motifs is 1. The molecule has 0 aliphatic carbocycles. The molecule has 2 heteroatoms. The first kappa shape index (κ1) is 11.0. The van der Waals surface area contributed by atoms with Crippen LogP contribution in [0, 0.1) is 6.92 Å². The Labute approximate surface area is 99.7 Å². The average Bonchev–Trinajstić information content (AvgIpc) is 2.56. The normalized spacial score (nSPS) is 11.5. The summed E-state index contributed by atoms with van der Waals surface area (Å²) in [5, 5.41) is 2.11. The van der Waals surface area contributed by atoms with E-state index < -0.39 is 0 Å². The van der Waals surface area contributed by atoms with Crippen LogP contribution in [0.15, 0.2) is 24.3 Å². The minimum absolute atomic E-state index is 0.719. The van der Waals surface area contributed by atoms with Crippen LogP contribution in [0.2, 0.25) is 0 Å². The van der Waals surface area contributed by atoms with Crippen LogP contribution in [-0.2, 0) is 5.75 Å². The molecule has 0 amide bonds. The van der Waals surface area contributed by atoms with Crippen molar-refractivity contribution in [2.75, 3.05) is 0 Å². The first-order valence-corrected chi connectivity index (χ1v) is 7.12. The lowest BCUT2D eigenvalue weighted by atomic mass is 10.2. The van der Waals surface area contributed by atoms with E-state index in [0.717, 1.165) is 11.0 Å². The molecule has 0 atom stereocenters. The maximum absolute atomic E-state index is 2.33. The molecule has 0 N–H and O–H groups in total. The van der Waals surface area contributed by atoms with Crippen LogP contribution < -0.4 is 0 Å². The number of rotatable bonds is 3. The molecule has 0 radical (unpaired) electrons. The van der Waals surface area contributed by atoms with Gasteiger partial charge in [0.1, 0.15) is 0 Å². The highest BCUT2D eigenvalue weighted by atomic mass is 32.2. The third-order valence-electron chi connectivity index (χ3n) is 2.29. The first-order valence-electron chi connectivity index (χ1n) is 5.26. The second kappa shape index (κ2) is 4.58. The van der Waals surface area contributed by atoms with Gasteiger partial charge < -0.3 is 0 Å². The summed E-state index contributed by atoms with van der Waals surface area (Å²) in [6, 6.07) is 9.03. The molecule has 0 nitrogen and oxygen atoms in total. The summed E-state index contributed by atoms with van der Waals surface area (Å²) in [4.78, 5) is 1.49. The molecule has 0 aliphatic rings. The van der Waals surface area contributed by atoms with Gasteiger partial charge in [-0.25, -0.2) is 0 Å². The Morgan fingerprint density at radius 2 is 2.07 bits per heavy atom. The van der Waals surface area contributed by atoms with Gasteiger partial charge >= 0.3 is 0 Å². The maximum Gasteiger partial charge on any atom is 0.0348 e. The highest BCUT2D eigenvalue weighted by Gasteiger charge is 2.03. The summed E-state index contributed by atoms with van der Waals surface area (Å²) < 4.78 is 1.43. The Bertz CT molecular complexity index is 455. The van der Waals surface area contributed by atoms with Crippen molar-refractivity contribution in [1.82, 2.24) is 0 Å². The Morgan fingerprint density at radius 3 is 2.80 bits per heavy atom. The minimum atomic E-state index is 0.719. The average molecular weight is 236 g/mol. The summed E-state index contributed by atoms with van der Waals surface area (Å²) in [5.41, 5.74) is 1.35. The van der Waals surface area contributed by atoms with E-state index in [2.05, 4.69) is 45.0 Å². The zero-order valence-electron chi connectivity index (χ0n) is 9.41. The highest BCUT2D eigenvalue weighted by Crippen LogP contribution is 2.30. The van der Waals surface area contributed by atoms with Crippen molar-refractivity contribution in [2.45, 2.75) is 31.8 Å². The van der Waals surface area contributed by atoms with Gasteiger partial charge in [0, 0.05) is 15.3 Å². The molecule has 15 heavy (non-hydrogen) atoms. The van der Waals surface area contributed by atoms with Gasteiger partial charge in [0.25, 0.3) is 0 Å². The zero-order valence-corrected chi connectivity index (χ0v) is 11.0. The molecule has 2 aromatic rings. The third kappa shape index (κ3) is 2.76. The maximum atomic E-state index is 2.33. The molecule has 0 saturated heterocycles. The summed E-state index contributed by atoms with van der Waals surface area (Å²) in [5.74, 6) is 1.15. The molecule has 1 aromatic carbocycles. The lowest BCUT2D eigenvalue weighted by Crippen LogP contribution is -1.85. The van der Waals surface area contributed by atoms with Gasteiger partial charge in [-0.2, -0.15) is 11.8 Å². The lowest BCUT2D eigenvalue weighted by Gasteiger charge is -2.00. The lowest BCUT2D eigenvalue weighted by molar-refractivity contribution is 1.11. The van der Waals surface area contributed by atoms with E-state index in [4.69, 9.17) is 0 Å². The Morgan fingerprint density at radius 1 is 1.27 bits per heavy atom. The largest absolute Gasteiger partial charge is 0.154 e. The van der Waals surface area contributed by atoms with Crippen LogP contribution in [0.3, 0.4) is 0 Å². The van der Waals surface area contributed by atoms with Crippen molar-refractivity contribution < 1.29 is 0 Å². The van der Waals surface area contributed by atoms with Crippen molar-refractivity contribution in [2.24, 2.45) is 0 Å². The second-order valence-corrected chi connectivity index (χ2v) is 6.85. The standard InChI is InChI=1S/C13H16S2/c1-9(2)14-8-12-7-11-5-4-10(3)6-13(11)15-12/h4-7,9H,8H2,1-3H3. The van der Waals surface area contributed by atoms with Crippen LogP contribution >= 0.6 is 23.1 Å². The number of thioether (sulfide) groups is 1.